The van der Waals surface area contributed by atoms with Gasteiger partial charge in [0.25, 0.3) is 0 Å². The highest BCUT2D eigenvalue weighted by molar-refractivity contribution is 5.72. The van der Waals surface area contributed by atoms with E-state index in [9.17, 15) is 4.79 Å². The SMILES string of the molecule is CCCCCCCCCC(CCCCCCCCC)C(=O)OCC. The average Bonchev–Trinajstić information content (AvgIpc) is 2.58. The molecular weight excluding hydrogens is 296 g/mol. The van der Waals surface area contributed by atoms with Crippen LogP contribution in [-0.2, 0) is 9.53 Å². The number of hydrogen-bond acceptors (Lipinski definition) is 2. The van der Waals surface area contributed by atoms with Crippen LogP contribution in [0.4, 0.5) is 0 Å². The fourth-order valence-corrected chi connectivity index (χ4v) is 3.34. The Labute approximate surface area is 152 Å². The minimum Gasteiger partial charge on any atom is -0.466 e. The van der Waals surface area contributed by atoms with Gasteiger partial charge in [0.05, 0.1) is 12.5 Å². The van der Waals surface area contributed by atoms with E-state index in [0.29, 0.717) is 6.61 Å². The van der Waals surface area contributed by atoms with E-state index in [1.54, 1.807) is 0 Å². The summed E-state index contributed by atoms with van der Waals surface area (Å²) in [4.78, 5) is 12.1. The van der Waals surface area contributed by atoms with Gasteiger partial charge in [0.1, 0.15) is 0 Å². The Morgan fingerprint density at radius 1 is 0.625 bits per heavy atom. The molecule has 0 heterocycles. The fourth-order valence-electron chi connectivity index (χ4n) is 3.34. The fraction of sp³-hybridized carbons (Fsp3) is 0.955. The van der Waals surface area contributed by atoms with Gasteiger partial charge in [0, 0.05) is 0 Å². The third-order valence-corrected chi connectivity index (χ3v) is 4.93. The maximum Gasteiger partial charge on any atom is 0.308 e. The number of esters is 1. The molecule has 0 aromatic rings. The van der Waals surface area contributed by atoms with E-state index in [2.05, 4.69) is 13.8 Å². The maximum atomic E-state index is 12.1. The molecule has 0 aromatic carbocycles. The zero-order valence-corrected chi connectivity index (χ0v) is 16.9. The van der Waals surface area contributed by atoms with E-state index < -0.39 is 0 Å². The van der Waals surface area contributed by atoms with Crippen LogP contribution in [-0.4, -0.2) is 12.6 Å². The molecule has 0 saturated carbocycles. The van der Waals surface area contributed by atoms with Gasteiger partial charge in [-0.25, -0.2) is 0 Å². The molecule has 0 aliphatic heterocycles. The minimum absolute atomic E-state index is 0.0504. The van der Waals surface area contributed by atoms with Gasteiger partial charge in [-0.15, -0.1) is 0 Å². The summed E-state index contributed by atoms with van der Waals surface area (Å²) in [5.41, 5.74) is 0. The van der Waals surface area contributed by atoms with Crippen molar-refractivity contribution in [3.05, 3.63) is 0 Å². The van der Waals surface area contributed by atoms with E-state index in [0.717, 1.165) is 12.8 Å². The smallest absolute Gasteiger partial charge is 0.308 e. The molecule has 0 unspecified atom stereocenters. The third-order valence-electron chi connectivity index (χ3n) is 4.93. The summed E-state index contributed by atoms with van der Waals surface area (Å²) in [6, 6.07) is 0. The first kappa shape index (κ1) is 23.5. The van der Waals surface area contributed by atoms with Crippen molar-refractivity contribution >= 4 is 5.97 Å². The van der Waals surface area contributed by atoms with Crippen LogP contribution in [0.5, 0.6) is 0 Å². The average molecular weight is 341 g/mol. The molecule has 0 bridgehead atoms. The van der Waals surface area contributed by atoms with Crippen LogP contribution < -0.4 is 0 Å². The summed E-state index contributed by atoms with van der Waals surface area (Å²) in [7, 11) is 0. The molecule has 144 valence electrons. The Morgan fingerprint density at radius 3 is 1.38 bits per heavy atom. The topological polar surface area (TPSA) is 26.3 Å². The lowest BCUT2D eigenvalue weighted by Gasteiger charge is -2.15. The van der Waals surface area contributed by atoms with Gasteiger partial charge >= 0.3 is 5.97 Å². The van der Waals surface area contributed by atoms with Gasteiger partial charge in [-0.05, 0) is 19.8 Å². The predicted octanol–water partition coefficient (Wildman–Crippen LogP) is 7.45. The quantitative estimate of drug-likeness (QED) is 0.191. The summed E-state index contributed by atoms with van der Waals surface area (Å²) >= 11 is 0. The van der Waals surface area contributed by atoms with E-state index >= 15 is 0 Å². The van der Waals surface area contributed by atoms with Crippen LogP contribution in [0, 0.1) is 5.92 Å². The summed E-state index contributed by atoms with van der Waals surface area (Å²) in [6.07, 6.45) is 20.4. The summed E-state index contributed by atoms with van der Waals surface area (Å²) in [5, 5.41) is 0. The number of hydrogen-bond donors (Lipinski definition) is 0. The predicted molar refractivity (Wildman–Crippen MR) is 105 cm³/mol. The van der Waals surface area contributed by atoms with Crippen molar-refractivity contribution in [1.29, 1.82) is 0 Å². The molecular formula is C22H44O2. The van der Waals surface area contributed by atoms with Crippen molar-refractivity contribution in [2.75, 3.05) is 6.61 Å². The Kier molecular flexibility index (Phi) is 18.4. The third kappa shape index (κ3) is 15.0. The molecule has 24 heavy (non-hydrogen) atoms. The summed E-state index contributed by atoms with van der Waals surface area (Å²) in [5.74, 6) is 0.200. The molecule has 0 N–H and O–H groups in total. The second-order valence-corrected chi connectivity index (χ2v) is 7.27. The van der Waals surface area contributed by atoms with E-state index in [4.69, 9.17) is 4.74 Å². The zero-order valence-electron chi connectivity index (χ0n) is 16.9. The zero-order chi connectivity index (χ0) is 17.9. The van der Waals surface area contributed by atoms with Crippen molar-refractivity contribution < 1.29 is 9.53 Å². The molecule has 0 aliphatic rings. The Hall–Kier alpha value is -0.530. The van der Waals surface area contributed by atoms with Crippen molar-refractivity contribution in [2.45, 2.75) is 124 Å². The van der Waals surface area contributed by atoms with Gasteiger partial charge in [0.2, 0.25) is 0 Å². The van der Waals surface area contributed by atoms with Crippen LogP contribution in [0.15, 0.2) is 0 Å². The van der Waals surface area contributed by atoms with Crippen LogP contribution in [0.3, 0.4) is 0 Å². The first-order valence-corrected chi connectivity index (χ1v) is 10.9. The summed E-state index contributed by atoms with van der Waals surface area (Å²) < 4.78 is 5.29. The molecule has 0 spiro atoms. The molecule has 0 aliphatic carbocycles. The van der Waals surface area contributed by atoms with Crippen LogP contribution in [0.25, 0.3) is 0 Å². The van der Waals surface area contributed by atoms with Gasteiger partial charge < -0.3 is 4.74 Å². The van der Waals surface area contributed by atoms with Crippen molar-refractivity contribution in [3.8, 4) is 0 Å². The second kappa shape index (κ2) is 18.8. The Balaban J connectivity index is 3.79. The van der Waals surface area contributed by atoms with E-state index in [1.807, 2.05) is 6.92 Å². The van der Waals surface area contributed by atoms with Gasteiger partial charge in [-0.2, -0.15) is 0 Å². The lowest BCUT2D eigenvalue weighted by atomic mass is 9.94. The highest BCUT2D eigenvalue weighted by atomic mass is 16.5. The number of unbranched alkanes of at least 4 members (excludes halogenated alkanes) is 12. The van der Waals surface area contributed by atoms with Crippen LogP contribution in [0.2, 0.25) is 0 Å². The minimum atomic E-state index is 0.0504. The first-order chi connectivity index (χ1) is 11.8. The highest BCUT2D eigenvalue weighted by Crippen LogP contribution is 2.20. The maximum absolute atomic E-state index is 12.1. The monoisotopic (exact) mass is 340 g/mol. The van der Waals surface area contributed by atoms with Gasteiger partial charge in [0.15, 0.2) is 0 Å². The molecule has 0 atom stereocenters. The Bertz CT molecular complexity index is 245. The molecule has 0 saturated heterocycles. The largest absolute Gasteiger partial charge is 0.466 e. The van der Waals surface area contributed by atoms with E-state index in [-0.39, 0.29) is 11.9 Å². The highest BCUT2D eigenvalue weighted by Gasteiger charge is 2.18. The molecule has 0 radical (unpaired) electrons. The van der Waals surface area contributed by atoms with Crippen LogP contribution in [0.1, 0.15) is 124 Å². The Morgan fingerprint density at radius 2 is 1.00 bits per heavy atom. The van der Waals surface area contributed by atoms with Crippen molar-refractivity contribution in [1.82, 2.24) is 0 Å². The molecule has 2 heteroatoms. The first-order valence-electron chi connectivity index (χ1n) is 10.9. The lowest BCUT2D eigenvalue weighted by molar-refractivity contribution is -0.148. The molecule has 0 amide bonds. The standard InChI is InChI=1S/C22H44O2/c1-4-7-9-11-13-15-17-19-21(22(23)24-6-3)20-18-16-14-12-10-8-5-2/h21H,4-20H2,1-3H3. The number of carbonyl (C=O) groups excluding carboxylic acids is 1. The van der Waals surface area contributed by atoms with Crippen molar-refractivity contribution in [3.63, 3.8) is 0 Å². The van der Waals surface area contributed by atoms with E-state index in [1.165, 1.54) is 89.9 Å². The molecule has 0 fully saturated rings. The number of carbonyl (C=O) groups is 1. The second-order valence-electron chi connectivity index (χ2n) is 7.27. The summed E-state index contributed by atoms with van der Waals surface area (Å²) in [6.45, 7) is 6.95. The van der Waals surface area contributed by atoms with Crippen LogP contribution >= 0.6 is 0 Å². The number of ether oxygens (including phenoxy) is 1. The molecule has 0 rings (SSSR count). The normalized spacial score (nSPS) is 11.2. The lowest BCUT2D eigenvalue weighted by Crippen LogP contribution is -2.18. The van der Waals surface area contributed by atoms with Gasteiger partial charge in [-0.1, -0.05) is 104 Å². The molecule has 0 aromatic heterocycles. The van der Waals surface area contributed by atoms with Crippen molar-refractivity contribution in [2.24, 2.45) is 5.92 Å². The number of rotatable bonds is 18. The molecule has 2 nitrogen and oxygen atoms in total. The van der Waals surface area contributed by atoms with Gasteiger partial charge in [-0.3, -0.25) is 4.79 Å².